The smallest absolute Gasteiger partial charge is 0.263 e. The van der Waals surface area contributed by atoms with Crippen LogP contribution in [0.2, 0.25) is 0 Å². The fourth-order valence-electron chi connectivity index (χ4n) is 3.67. The molecule has 3 aliphatic rings. The van der Waals surface area contributed by atoms with Crippen LogP contribution in [0.4, 0.5) is 0 Å². The molecule has 0 amide bonds. The maximum absolute atomic E-state index is 12.2. The van der Waals surface area contributed by atoms with Gasteiger partial charge in [0.15, 0.2) is 0 Å². The minimum absolute atomic E-state index is 0.109. The molecule has 4 heteroatoms. The van der Waals surface area contributed by atoms with Crippen molar-refractivity contribution in [3.05, 3.63) is 42.0 Å². The molecule has 1 aromatic carbocycles. The van der Waals surface area contributed by atoms with Gasteiger partial charge in [-0.15, -0.1) is 0 Å². The zero-order valence-electron chi connectivity index (χ0n) is 10.7. The van der Waals surface area contributed by atoms with Crippen molar-refractivity contribution in [2.45, 2.75) is 24.3 Å². The molecule has 3 aliphatic carbocycles. The molecular formula is C15H16O3S. The zero-order chi connectivity index (χ0) is 13.2. The standard InChI is InChI=1S/C15H16O3S/c1-9-2-4-10(5-3-9)19(16,17)18-14-8-13-11-6-7-12(11)15(13)14/h2-7,11-15H,8H2,1H3/t11-,12-,13+,14+,15-/m0/s1. The Balaban J connectivity index is 1.50. The van der Waals surface area contributed by atoms with Crippen LogP contribution >= 0.6 is 0 Å². The summed E-state index contributed by atoms with van der Waals surface area (Å²) in [4.78, 5) is 0.265. The molecule has 100 valence electrons. The minimum Gasteiger partial charge on any atom is -0.263 e. The number of rotatable bonds is 3. The Bertz CT molecular complexity index is 644. The maximum atomic E-state index is 12.2. The Kier molecular flexibility index (Phi) is 2.28. The number of hydrogen-bond acceptors (Lipinski definition) is 3. The monoisotopic (exact) mass is 276 g/mol. The quantitative estimate of drug-likeness (QED) is 0.629. The number of fused-ring (bicyclic) bond motifs is 4. The van der Waals surface area contributed by atoms with E-state index in [1.165, 1.54) is 0 Å². The summed E-state index contributed by atoms with van der Waals surface area (Å²) in [7, 11) is -3.60. The Morgan fingerprint density at radius 3 is 2.37 bits per heavy atom. The van der Waals surface area contributed by atoms with Gasteiger partial charge in [0.2, 0.25) is 0 Å². The molecule has 0 radical (unpaired) electrons. The molecule has 0 aromatic heterocycles. The lowest BCUT2D eigenvalue weighted by atomic mass is 9.42. The van der Waals surface area contributed by atoms with E-state index < -0.39 is 10.1 Å². The average Bonchev–Trinajstić information content (AvgIpc) is 2.33. The van der Waals surface area contributed by atoms with Crippen LogP contribution in [0.3, 0.4) is 0 Å². The molecule has 0 heterocycles. The van der Waals surface area contributed by atoms with Crippen molar-refractivity contribution in [2.24, 2.45) is 23.7 Å². The average molecular weight is 276 g/mol. The molecule has 2 fully saturated rings. The van der Waals surface area contributed by atoms with Crippen molar-refractivity contribution in [2.75, 3.05) is 0 Å². The fourth-order valence-corrected chi connectivity index (χ4v) is 4.78. The largest absolute Gasteiger partial charge is 0.297 e. The first-order valence-corrected chi connectivity index (χ1v) is 8.15. The molecule has 5 atom stereocenters. The van der Waals surface area contributed by atoms with Crippen LogP contribution in [0.25, 0.3) is 0 Å². The Morgan fingerprint density at radius 2 is 1.79 bits per heavy atom. The van der Waals surface area contributed by atoms with Crippen molar-refractivity contribution in [3.8, 4) is 0 Å². The summed E-state index contributed by atoms with van der Waals surface area (Å²) in [6.45, 7) is 1.94. The molecule has 0 N–H and O–H groups in total. The van der Waals surface area contributed by atoms with Crippen LogP contribution in [0.1, 0.15) is 12.0 Å². The van der Waals surface area contributed by atoms with Gasteiger partial charge in [0, 0.05) is 0 Å². The van der Waals surface area contributed by atoms with Gasteiger partial charge in [0.25, 0.3) is 10.1 Å². The molecule has 2 saturated carbocycles. The van der Waals surface area contributed by atoms with Crippen molar-refractivity contribution < 1.29 is 12.6 Å². The van der Waals surface area contributed by atoms with Crippen molar-refractivity contribution in [3.63, 3.8) is 0 Å². The highest BCUT2D eigenvalue weighted by Gasteiger charge is 2.63. The van der Waals surface area contributed by atoms with Gasteiger partial charge < -0.3 is 0 Å². The third-order valence-corrected chi connectivity index (χ3v) is 6.28. The Labute approximate surface area is 113 Å². The van der Waals surface area contributed by atoms with E-state index in [-0.39, 0.29) is 11.0 Å². The molecule has 0 bridgehead atoms. The lowest BCUT2D eigenvalue weighted by molar-refractivity contribution is -0.154. The summed E-state index contributed by atoms with van der Waals surface area (Å²) in [5.74, 6) is 2.41. The second-order valence-corrected chi connectivity index (χ2v) is 7.49. The van der Waals surface area contributed by atoms with E-state index in [0.717, 1.165) is 12.0 Å². The molecule has 0 saturated heterocycles. The van der Waals surface area contributed by atoms with E-state index in [4.69, 9.17) is 4.18 Å². The molecular weight excluding hydrogens is 260 g/mol. The minimum atomic E-state index is -3.60. The third kappa shape index (κ3) is 1.56. The predicted octanol–water partition coefficient (Wildman–Crippen LogP) is 2.52. The summed E-state index contributed by atoms with van der Waals surface area (Å²) < 4.78 is 29.8. The van der Waals surface area contributed by atoms with E-state index in [0.29, 0.717) is 23.7 Å². The van der Waals surface area contributed by atoms with Crippen molar-refractivity contribution >= 4 is 10.1 Å². The fraction of sp³-hybridized carbons (Fsp3) is 0.467. The van der Waals surface area contributed by atoms with Crippen molar-refractivity contribution in [1.29, 1.82) is 0 Å². The van der Waals surface area contributed by atoms with Crippen LogP contribution in [0.15, 0.2) is 41.3 Å². The topological polar surface area (TPSA) is 43.4 Å². The van der Waals surface area contributed by atoms with Crippen LogP contribution in [-0.4, -0.2) is 14.5 Å². The predicted molar refractivity (Wildman–Crippen MR) is 71.0 cm³/mol. The molecule has 1 aromatic rings. The van der Waals surface area contributed by atoms with Crippen LogP contribution < -0.4 is 0 Å². The first kappa shape index (κ1) is 11.7. The molecule has 0 spiro atoms. The number of hydrogen-bond donors (Lipinski definition) is 0. The highest BCUT2D eigenvalue weighted by atomic mass is 32.2. The SMILES string of the molecule is Cc1ccc(S(=O)(=O)O[C@@H]2C[C@@H]3[C@H]4C=C[C@@H]4[C@@H]32)cc1. The van der Waals surface area contributed by atoms with E-state index >= 15 is 0 Å². The van der Waals surface area contributed by atoms with Gasteiger partial charge in [-0.2, -0.15) is 8.42 Å². The van der Waals surface area contributed by atoms with E-state index in [1.54, 1.807) is 24.3 Å². The van der Waals surface area contributed by atoms with Gasteiger partial charge in [0.05, 0.1) is 11.0 Å². The van der Waals surface area contributed by atoms with Crippen LogP contribution in [0.5, 0.6) is 0 Å². The molecule has 0 unspecified atom stereocenters. The first-order chi connectivity index (χ1) is 9.06. The maximum Gasteiger partial charge on any atom is 0.297 e. The molecule has 19 heavy (non-hydrogen) atoms. The lowest BCUT2D eigenvalue weighted by Gasteiger charge is -2.64. The van der Waals surface area contributed by atoms with Gasteiger partial charge in [-0.25, -0.2) is 0 Å². The summed E-state index contributed by atoms with van der Waals surface area (Å²) >= 11 is 0. The summed E-state index contributed by atoms with van der Waals surface area (Å²) in [6, 6.07) is 6.84. The van der Waals surface area contributed by atoms with E-state index in [2.05, 4.69) is 12.2 Å². The second-order valence-electron chi connectivity index (χ2n) is 5.92. The highest BCUT2D eigenvalue weighted by molar-refractivity contribution is 7.86. The van der Waals surface area contributed by atoms with Crippen LogP contribution in [0, 0.1) is 30.6 Å². The van der Waals surface area contributed by atoms with E-state index in [9.17, 15) is 8.42 Å². The highest BCUT2D eigenvalue weighted by Crippen LogP contribution is 2.64. The Morgan fingerprint density at radius 1 is 1.11 bits per heavy atom. The summed E-state index contributed by atoms with van der Waals surface area (Å²) in [6.07, 6.45) is 5.22. The van der Waals surface area contributed by atoms with Gasteiger partial charge in [-0.05, 0) is 49.1 Å². The molecule has 3 nitrogen and oxygen atoms in total. The number of aryl methyl sites for hydroxylation is 1. The van der Waals surface area contributed by atoms with Gasteiger partial charge in [0.1, 0.15) is 0 Å². The normalized spacial score (nSPS) is 38.5. The van der Waals surface area contributed by atoms with Crippen LogP contribution in [-0.2, 0) is 14.3 Å². The Hall–Kier alpha value is -1.13. The van der Waals surface area contributed by atoms with Gasteiger partial charge in [-0.3, -0.25) is 4.18 Å². The van der Waals surface area contributed by atoms with Gasteiger partial charge in [-0.1, -0.05) is 29.8 Å². The molecule has 4 rings (SSSR count). The second kappa shape index (κ2) is 3.70. The zero-order valence-corrected chi connectivity index (χ0v) is 11.5. The first-order valence-electron chi connectivity index (χ1n) is 6.74. The van der Waals surface area contributed by atoms with Gasteiger partial charge >= 0.3 is 0 Å². The number of benzene rings is 1. The summed E-state index contributed by atoms with van der Waals surface area (Å²) in [5.41, 5.74) is 1.05. The number of allylic oxidation sites excluding steroid dienone is 2. The third-order valence-electron chi connectivity index (χ3n) is 4.93. The summed E-state index contributed by atoms with van der Waals surface area (Å²) in [5, 5.41) is 0. The lowest BCUT2D eigenvalue weighted by Crippen LogP contribution is -2.63. The van der Waals surface area contributed by atoms with Crippen molar-refractivity contribution in [1.82, 2.24) is 0 Å². The van der Waals surface area contributed by atoms with E-state index in [1.807, 2.05) is 6.92 Å². The molecule has 0 aliphatic heterocycles.